The number of imide groups is 1. The van der Waals surface area contributed by atoms with Gasteiger partial charge in [-0.1, -0.05) is 12.8 Å². The number of esters is 1. The second-order valence-corrected chi connectivity index (χ2v) is 6.71. The molecule has 1 spiro atoms. The van der Waals surface area contributed by atoms with Crippen LogP contribution in [0.15, 0.2) is 0 Å². The van der Waals surface area contributed by atoms with Gasteiger partial charge in [-0.25, -0.2) is 4.79 Å². The molecule has 1 aliphatic carbocycles. The maximum Gasteiger partial charge on any atom is 0.326 e. The van der Waals surface area contributed by atoms with Crippen molar-refractivity contribution in [3.63, 3.8) is 0 Å². The number of rotatable bonds is 6. The number of carbonyl (C=O) groups is 4. The van der Waals surface area contributed by atoms with Gasteiger partial charge in [0.2, 0.25) is 0 Å². The average molecular weight is 353 g/mol. The van der Waals surface area contributed by atoms with E-state index in [1.54, 1.807) is 0 Å². The molecule has 2 N–H and O–H groups in total. The molecule has 138 valence electrons. The molecule has 1 saturated carbocycles. The van der Waals surface area contributed by atoms with Crippen LogP contribution in [0.25, 0.3) is 0 Å². The predicted molar refractivity (Wildman–Crippen MR) is 84.4 cm³/mol. The molecule has 3 rings (SSSR count). The van der Waals surface area contributed by atoms with Gasteiger partial charge < -0.3 is 20.1 Å². The van der Waals surface area contributed by atoms with Crippen LogP contribution in [-0.2, 0) is 23.9 Å². The highest BCUT2D eigenvalue weighted by Crippen LogP contribution is 2.34. The maximum absolute atomic E-state index is 12.4. The van der Waals surface area contributed by atoms with Gasteiger partial charge in [0, 0.05) is 13.2 Å². The van der Waals surface area contributed by atoms with E-state index in [0.29, 0.717) is 26.0 Å². The molecular weight excluding hydrogens is 330 g/mol. The highest BCUT2D eigenvalue weighted by molar-refractivity contribution is 6.08. The van der Waals surface area contributed by atoms with Crippen LogP contribution in [0.1, 0.15) is 38.5 Å². The second-order valence-electron chi connectivity index (χ2n) is 6.71. The van der Waals surface area contributed by atoms with E-state index in [1.807, 2.05) is 0 Å². The van der Waals surface area contributed by atoms with E-state index in [9.17, 15) is 19.2 Å². The molecule has 1 atom stereocenters. The van der Waals surface area contributed by atoms with Crippen molar-refractivity contribution < 1.29 is 28.7 Å². The maximum atomic E-state index is 12.4. The molecule has 4 amide bonds. The number of ether oxygens (including phenoxy) is 2. The summed E-state index contributed by atoms with van der Waals surface area (Å²) in [4.78, 5) is 48.8. The van der Waals surface area contributed by atoms with Crippen molar-refractivity contribution in [2.24, 2.45) is 0 Å². The summed E-state index contributed by atoms with van der Waals surface area (Å²) in [5.41, 5.74) is -0.851. The zero-order chi connectivity index (χ0) is 17.9. The van der Waals surface area contributed by atoms with E-state index in [-0.39, 0.29) is 12.0 Å². The topological polar surface area (TPSA) is 114 Å². The van der Waals surface area contributed by atoms with Crippen LogP contribution in [0, 0.1) is 0 Å². The Bertz CT molecular complexity index is 566. The fourth-order valence-electron chi connectivity index (χ4n) is 3.54. The lowest BCUT2D eigenvalue weighted by molar-refractivity contribution is -0.151. The van der Waals surface area contributed by atoms with E-state index >= 15 is 0 Å². The highest BCUT2D eigenvalue weighted by atomic mass is 16.5. The van der Waals surface area contributed by atoms with Crippen LogP contribution in [0.2, 0.25) is 0 Å². The molecule has 0 aromatic carbocycles. The summed E-state index contributed by atoms with van der Waals surface area (Å²) in [5.74, 6) is -1.60. The average Bonchev–Trinajstić information content (AvgIpc) is 3.31. The number of nitrogens with one attached hydrogen (secondary N) is 2. The molecule has 0 bridgehead atoms. The molecule has 3 fully saturated rings. The number of urea groups is 1. The largest absolute Gasteiger partial charge is 0.454 e. The molecule has 2 heterocycles. The third kappa shape index (κ3) is 3.92. The molecule has 0 radical (unpaired) electrons. The van der Waals surface area contributed by atoms with Gasteiger partial charge in [0.1, 0.15) is 12.1 Å². The Balaban J connectivity index is 1.40. The van der Waals surface area contributed by atoms with Gasteiger partial charge in [-0.2, -0.15) is 0 Å². The Kier molecular flexibility index (Phi) is 5.22. The van der Waals surface area contributed by atoms with Gasteiger partial charge in [0.15, 0.2) is 6.61 Å². The third-order valence-electron chi connectivity index (χ3n) is 4.91. The lowest BCUT2D eigenvalue weighted by atomic mass is 9.98. The van der Waals surface area contributed by atoms with Crippen molar-refractivity contribution in [2.75, 3.05) is 26.3 Å². The Morgan fingerprint density at radius 1 is 1.28 bits per heavy atom. The summed E-state index contributed by atoms with van der Waals surface area (Å²) < 4.78 is 10.2. The number of hydrogen-bond donors (Lipinski definition) is 2. The van der Waals surface area contributed by atoms with Crippen molar-refractivity contribution in [2.45, 2.75) is 50.2 Å². The Morgan fingerprint density at radius 2 is 2.04 bits per heavy atom. The lowest BCUT2D eigenvalue weighted by Crippen LogP contribution is -2.44. The van der Waals surface area contributed by atoms with Crippen LogP contribution < -0.4 is 10.6 Å². The number of nitrogens with zero attached hydrogens (tertiary/aromatic N) is 1. The first kappa shape index (κ1) is 17.7. The molecule has 9 nitrogen and oxygen atoms in total. The predicted octanol–water partition coefficient (Wildman–Crippen LogP) is -0.311. The van der Waals surface area contributed by atoms with E-state index in [4.69, 9.17) is 9.47 Å². The molecule has 2 saturated heterocycles. The van der Waals surface area contributed by atoms with Crippen molar-refractivity contribution in [3.8, 4) is 0 Å². The van der Waals surface area contributed by atoms with Crippen LogP contribution in [0.5, 0.6) is 0 Å². The molecule has 2 aliphatic heterocycles. The van der Waals surface area contributed by atoms with E-state index in [2.05, 4.69) is 10.6 Å². The first-order valence-corrected chi connectivity index (χ1v) is 8.68. The summed E-state index contributed by atoms with van der Waals surface area (Å²) in [7, 11) is 0. The summed E-state index contributed by atoms with van der Waals surface area (Å²) in [6.07, 6.45) is 4.80. The monoisotopic (exact) mass is 353 g/mol. The minimum Gasteiger partial charge on any atom is -0.454 e. The zero-order valence-corrected chi connectivity index (χ0v) is 14.0. The highest BCUT2D eigenvalue weighted by Gasteiger charge is 2.52. The van der Waals surface area contributed by atoms with Crippen LogP contribution in [0.3, 0.4) is 0 Å². The van der Waals surface area contributed by atoms with Crippen molar-refractivity contribution in [1.82, 2.24) is 15.5 Å². The van der Waals surface area contributed by atoms with E-state index in [1.165, 1.54) is 0 Å². The molecular formula is C16H23N3O6. The molecule has 9 heteroatoms. The van der Waals surface area contributed by atoms with Gasteiger partial charge in [-0.15, -0.1) is 0 Å². The van der Waals surface area contributed by atoms with Gasteiger partial charge in [0.05, 0.1) is 6.10 Å². The first-order valence-electron chi connectivity index (χ1n) is 8.68. The van der Waals surface area contributed by atoms with Crippen molar-refractivity contribution in [3.05, 3.63) is 0 Å². The number of hydrogen-bond acceptors (Lipinski definition) is 6. The minimum absolute atomic E-state index is 0.00756. The summed E-state index contributed by atoms with van der Waals surface area (Å²) in [6, 6.07) is -0.577. The van der Waals surface area contributed by atoms with E-state index < -0.39 is 36.6 Å². The molecule has 3 aliphatic rings. The molecule has 0 unspecified atom stereocenters. The van der Waals surface area contributed by atoms with Crippen molar-refractivity contribution >= 4 is 23.8 Å². The van der Waals surface area contributed by atoms with Crippen LogP contribution in [-0.4, -0.2) is 66.7 Å². The lowest BCUT2D eigenvalue weighted by Gasteiger charge is -2.19. The third-order valence-corrected chi connectivity index (χ3v) is 4.91. The fourth-order valence-corrected chi connectivity index (χ4v) is 3.54. The molecule has 25 heavy (non-hydrogen) atoms. The Morgan fingerprint density at radius 3 is 2.72 bits per heavy atom. The van der Waals surface area contributed by atoms with E-state index in [0.717, 1.165) is 30.6 Å². The normalized spacial score (nSPS) is 24.6. The number of amides is 4. The summed E-state index contributed by atoms with van der Waals surface area (Å²) in [6.45, 7) is 0.153. The Hall–Kier alpha value is -2.16. The van der Waals surface area contributed by atoms with Crippen molar-refractivity contribution in [1.29, 1.82) is 0 Å². The SMILES string of the molecule is O=C(COC(=O)CN1C(=O)NC2(CCCC2)C1=O)NC[C@H]1CCCO1. The quantitative estimate of drug-likeness (QED) is 0.500. The Labute approximate surface area is 145 Å². The summed E-state index contributed by atoms with van der Waals surface area (Å²) >= 11 is 0. The van der Waals surface area contributed by atoms with Crippen LogP contribution in [0.4, 0.5) is 4.79 Å². The second kappa shape index (κ2) is 7.38. The zero-order valence-electron chi connectivity index (χ0n) is 14.0. The minimum atomic E-state index is -0.851. The van der Waals surface area contributed by atoms with Gasteiger partial charge in [-0.05, 0) is 25.7 Å². The first-order chi connectivity index (χ1) is 12.0. The standard InChI is InChI=1S/C16H23N3O6/c20-12(17-8-11-4-3-7-24-11)10-25-13(21)9-19-14(22)16(18-15(19)23)5-1-2-6-16/h11H,1-10H2,(H,17,20)(H,18,23)/t11-/m1/s1. The fraction of sp³-hybridized carbons (Fsp3) is 0.750. The summed E-state index contributed by atoms with van der Waals surface area (Å²) in [5, 5.41) is 5.32. The molecule has 0 aromatic heterocycles. The molecule has 0 aromatic rings. The van der Waals surface area contributed by atoms with Gasteiger partial charge in [-0.3, -0.25) is 19.3 Å². The van der Waals surface area contributed by atoms with Gasteiger partial charge >= 0.3 is 12.0 Å². The number of carbonyl (C=O) groups excluding carboxylic acids is 4. The van der Waals surface area contributed by atoms with Gasteiger partial charge in [0.25, 0.3) is 11.8 Å². The van der Waals surface area contributed by atoms with Crippen LogP contribution >= 0.6 is 0 Å². The smallest absolute Gasteiger partial charge is 0.326 e.